The van der Waals surface area contributed by atoms with E-state index in [0.29, 0.717) is 5.69 Å². The van der Waals surface area contributed by atoms with Gasteiger partial charge in [0.1, 0.15) is 17.3 Å². The van der Waals surface area contributed by atoms with E-state index in [2.05, 4.69) is 10.5 Å². The number of anilines is 1. The van der Waals surface area contributed by atoms with E-state index in [-0.39, 0.29) is 17.2 Å². The molecule has 0 saturated carbocycles. The molecule has 1 heterocycles. The molecule has 0 unspecified atom stereocenters. The van der Waals surface area contributed by atoms with Crippen LogP contribution in [0.1, 0.15) is 15.9 Å². The second-order valence-electron chi connectivity index (χ2n) is 5.91. The van der Waals surface area contributed by atoms with E-state index in [1.165, 1.54) is 19.2 Å². The molecule has 8 heteroatoms. The van der Waals surface area contributed by atoms with E-state index in [1.807, 2.05) is 31.2 Å². The molecule has 0 bridgehead atoms. The van der Waals surface area contributed by atoms with Gasteiger partial charge in [0.25, 0.3) is 5.91 Å². The summed E-state index contributed by atoms with van der Waals surface area (Å²) in [4.78, 5) is 23.9. The van der Waals surface area contributed by atoms with Gasteiger partial charge < -0.3 is 14.0 Å². The van der Waals surface area contributed by atoms with E-state index in [1.54, 1.807) is 6.07 Å². The predicted octanol–water partition coefficient (Wildman–Crippen LogP) is 3.59. The van der Waals surface area contributed by atoms with Gasteiger partial charge in [-0.2, -0.15) is 0 Å². The van der Waals surface area contributed by atoms with Gasteiger partial charge in [-0.3, -0.25) is 10.1 Å². The minimum absolute atomic E-state index is 0.104. The Morgan fingerprint density at radius 3 is 2.57 bits per heavy atom. The number of ether oxygens (including phenoxy) is 2. The van der Waals surface area contributed by atoms with Crippen LogP contribution >= 0.6 is 0 Å². The molecule has 28 heavy (non-hydrogen) atoms. The fourth-order valence-corrected chi connectivity index (χ4v) is 2.37. The predicted molar refractivity (Wildman–Crippen MR) is 98.5 cm³/mol. The molecule has 1 N–H and O–H groups in total. The van der Waals surface area contributed by atoms with Crippen LogP contribution in [0.15, 0.2) is 53.1 Å². The summed E-state index contributed by atoms with van der Waals surface area (Å²) < 4.78 is 28.6. The highest BCUT2D eigenvalue weighted by Crippen LogP contribution is 2.22. The maximum atomic E-state index is 13.8. The summed E-state index contributed by atoms with van der Waals surface area (Å²) in [6.07, 6.45) is 0. The number of carbonyl (C=O) groups excluding carboxylic acids is 2. The largest absolute Gasteiger partial charge is 0.497 e. The number of carbonyl (C=O) groups is 2. The molecule has 0 radical (unpaired) electrons. The van der Waals surface area contributed by atoms with Crippen LogP contribution in [-0.2, 0) is 9.53 Å². The molecule has 0 saturated heterocycles. The molecule has 0 aliphatic carbocycles. The fraction of sp³-hybridized carbons (Fsp3) is 0.150. The molecule has 3 aromatic rings. The van der Waals surface area contributed by atoms with Crippen molar-refractivity contribution < 1.29 is 28.0 Å². The minimum Gasteiger partial charge on any atom is -0.497 e. The third-order valence-corrected chi connectivity index (χ3v) is 3.85. The summed E-state index contributed by atoms with van der Waals surface area (Å²) in [6, 6.07) is 12.9. The fourth-order valence-electron chi connectivity index (χ4n) is 2.37. The van der Waals surface area contributed by atoms with Crippen LogP contribution in [0, 0.1) is 12.7 Å². The van der Waals surface area contributed by atoms with E-state index in [4.69, 9.17) is 14.0 Å². The Morgan fingerprint density at radius 1 is 1.14 bits per heavy atom. The molecule has 3 rings (SSSR count). The molecule has 0 aliphatic rings. The summed E-state index contributed by atoms with van der Waals surface area (Å²) >= 11 is 0. The van der Waals surface area contributed by atoms with Gasteiger partial charge >= 0.3 is 5.97 Å². The number of methoxy groups -OCH3 is 1. The van der Waals surface area contributed by atoms with Crippen molar-refractivity contribution in [1.29, 1.82) is 0 Å². The maximum Gasteiger partial charge on any atom is 0.341 e. The maximum absolute atomic E-state index is 13.8. The average molecular weight is 384 g/mol. The lowest BCUT2D eigenvalue weighted by molar-refractivity contribution is -0.119. The molecule has 0 atom stereocenters. The number of halogens is 1. The monoisotopic (exact) mass is 384 g/mol. The zero-order valence-corrected chi connectivity index (χ0v) is 15.2. The summed E-state index contributed by atoms with van der Waals surface area (Å²) in [5.74, 6) is -2.04. The Kier molecular flexibility index (Phi) is 5.69. The topological polar surface area (TPSA) is 90.7 Å². The number of hydrogen-bond donors (Lipinski definition) is 1. The Morgan fingerprint density at radius 2 is 1.89 bits per heavy atom. The van der Waals surface area contributed by atoms with Crippen molar-refractivity contribution >= 4 is 17.8 Å². The van der Waals surface area contributed by atoms with Gasteiger partial charge in [0.05, 0.1) is 12.7 Å². The molecule has 1 amide bonds. The Balaban J connectivity index is 1.56. The van der Waals surface area contributed by atoms with Crippen molar-refractivity contribution in [1.82, 2.24) is 5.16 Å². The first-order valence-corrected chi connectivity index (χ1v) is 8.30. The normalized spacial score (nSPS) is 10.4. The van der Waals surface area contributed by atoms with Crippen molar-refractivity contribution in [3.63, 3.8) is 0 Å². The number of hydrogen-bond acceptors (Lipinski definition) is 6. The van der Waals surface area contributed by atoms with E-state index in [9.17, 15) is 14.0 Å². The van der Waals surface area contributed by atoms with Gasteiger partial charge in [0, 0.05) is 17.7 Å². The van der Waals surface area contributed by atoms with Crippen LogP contribution in [0.2, 0.25) is 0 Å². The van der Waals surface area contributed by atoms with Gasteiger partial charge in [0.15, 0.2) is 6.61 Å². The van der Waals surface area contributed by atoms with Crippen molar-refractivity contribution in [2.75, 3.05) is 19.0 Å². The lowest BCUT2D eigenvalue weighted by atomic mass is 10.1. The number of aromatic nitrogens is 1. The highest BCUT2D eigenvalue weighted by Gasteiger charge is 2.16. The summed E-state index contributed by atoms with van der Waals surface area (Å²) in [7, 11) is 1.38. The Hall–Kier alpha value is -3.68. The molecule has 144 valence electrons. The first-order chi connectivity index (χ1) is 13.5. The van der Waals surface area contributed by atoms with Crippen LogP contribution in [0.5, 0.6) is 5.75 Å². The average Bonchev–Trinajstić information content (AvgIpc) is 3.15. The smallest absolute Gasteiger partial charge is 0.341 e. The Bertz CT molecular complexity index is 998. The minimum atomic E-state index is -0.965. The van der Waals surface area contributed by atoms with Gasteiger partial charge in [-0.1, -0.05) is 35.0 Å². The van der Waals surface area contributed by atoms with E-state index < -0.39 is 24.3 Å². The van der Waals surface area contributed by atoms with Crippen LogP contribution in [0.3, 0.4) is 0 Å². The molecular weight excluding hydrogens is 367 g/mol. The molecular formula is C20H17FN2O5. The zero-order valence-electron chi connectivity index (χ0n) is 15.2. The number of aryl methyl sites for hydroxylation is 1. The first kappa shape index (κ1) is 19.1. The molecule has 1 aromatic heterocycles. The van der Waals surface area contributed by atoms with Crippen LogP contribution in [0.4, 0.5) is 10.3 Å². The zero-order chi connectivity index (χ0) is 20.1. The molecule has 0 fully saturated rings. The van der Waals surface area contributed by atoms with Gasteiger partial charge in [-0.25, -0.2) is 9.18 Å². The van der Waals surface area contributed by atoms with Crippen LogP contribution in [0.25, 0.3) is 11.3 Å². The van der Waals surface area contributed by atoms with Crippen LogP contribution < -0.4 is 10.1 Å². The molecule has 0 spiro atoms. The standard InChI is InChI=1S/C20H17FN2O5/c1-12-3-5-13(6-4-12)17-10-19(28-23-17)22-18(24)11-27-20(25)15-8-7-14(26-2)9-16(15)21/h3-10H,11H2,1-2H3,(H,22,24). The second kappa shape index (κ2) is 8.34. The second-order valence-corrected chi connectivity index (χ2v) is 5.91. The number of amides is 1. The third kappa shape index (κ3) is 4.53. The SMILES string of the molecule is COc1ccc(C(=O)OCC(=O)Nc2cc(-c3ccc(C)cc3)no2)c(F)c1. The van der Waals surface area contributed by atoms with Gasteiger partial charge in [-0.05, 0) is 19.1 Å². The van der Waals surface area contributed by atoms with Gasteiger partial charge in [-0.15, -0.1) is 0 Å². The van der Waals surface area contributed by atoms with Crippen molar-refractivity contribution in [2.45, 2.75) is 6.92 Å². The third-order valence-electron chi connectivity index (χ3n) is 3.85. The highest BCUT2D eigenvalue weighted by molar-refractivity contribution is 5.95. The summed E-state index contributed by atoms with van der Waals surface area (Å²) in [5, 5.41) is 6.31. The van der Waals surface area contributed by atoms with Gasteiger partial charge in [0.2, 0.25) is 5.88 Å². The number of nitrogens with zero attached hydrogens (tertiary/aromatic N) is 1. The number of nitrogens with one attached hydrogen (secondary N) is 1. The Labute approximate surface area is 160 Å². The molecule has 0 aliphatic heterocycles. The first-order valence-electron chi connectivity index (χ1n) is 8.30. The molecule has 2 aromatic carbocycles. The van der Waals surface area contributed by atoms with Crippen molar-refractivity contribution in [3.05, 3.63) is 65.5 Å². The van der Waals surface area contributed by atoms with E-state index in [0.717, 1.165) is 17.2 Å². The quantitative estimate of drug-likeness (QED) is 0.653. The lowest BCUT2D eigenvalue weighted by Gasteiger charge is -2.06. The van der Waals surface area contributed by atoms with Crippen LogP contribution in [-0.4, -0.2) is 30.7 Å². The number of benzene rings is 2. The highest BCUT2D eigenvalue weighted by atomic mass is 19.1. The summed E-state index contributed by atoms with van der Waals surface area (Å²) in [6.45, 7) is 1.36. The van der Waals surface area contributed by atoms with Crippen molar-refractivity contribution in [3.8, 4) is 17.0 Å². The number of rotatable bonds is 6. The summed E-state index contributed by atoms with van der Waals surface area (Å²) in [5.41, 5.74) is 2.19. The molecule has 7 nitrogen and oxygen atoms in total. The lowest BCUT2D eigenvalue weighted by Crippen LogP contribution is -2.21. The van der Waals surface area contributed by atoms with E-state index >= 15 is 0 Å². The number of esters is 1. The van der Waals surface area contributed by atoms with Crippen molar-refractivity contribution in [2.24, 2.45) is 0 Å².